The van der Waals surface area contributed by atoms with Gasteiger partial charge in [0.15, 0.2) is 6.73 Å². The van der Waals surface area contributed by atoms with Crippen molar-refractivity contribution in [1.82, 2.24) is 0 Å². The number of rotatable bonds is 64. The van der Waals surface area contributed by atoms with E-state index in [1.165, 1.54) is 193 Å². The lowest BCUT2D eigenvalue weighted by atomic mass is 10.1. The minimum absolute atomic E-state index is 0.114. The highest BCUT2D eigenvalue weighted by atomic mass is 16.7. The molecule has 0 aromatic carbocycles. The fourth-order valence-corrected chi connectivity index (χ4v) is 9.29. The number of esters is 1. The number of hydrogen-bond donors (Lipinski definition) is 0. The van der Waals surface area contributed by atoms with Gasteiger partial charge in [0.1, 0.15) is 19.7 Å². The third-order valence-electron chi connectivity index (χ3n) is 14.3. The minimum atomic E-state index is -0.150. The zero-order valence-electron chi connectivity index (χ0n) is 52.4. The molecular weight excluding hydrogens is 967 g/mol. The molecule has 8 nitrogen and oxygen atoms in total. The summed E-state index contributed by atoms with van der Waals surface area (Å²) in [4.78, 5) is 13.1. The summed E-state index contributed by atoms with van der Waals surface area (Å²) < 4.78 is 36.2. The van der Waals surface area contributed by atoms with Gasteiger partial charge < -0.3 is 32.9 Å². The van der Waals surface area contributed by atoms with Crippen LogP contribution in [0.25, 0.3) is 0 Å². The number of hydrogen-bond acceptors (Lipinski definition) is 7. The molecule has 456 valence electrons. The summed E-state index contributed by atoms with van der Waals surface area (Å²) in [6.07, 6.45) is 77.0. The van der Waals surface area contributed by atoms with Crippen LogP contribution in [-0.4, -0.2) is 90.5 Å². The van der Waals surface area contributed by atoms with Crippen molar-refractivity contribution < 1.29 is 37.7 Å². The van der Waals surface area contributed by atoms with Crippen molar-refractivity contribution in [2.45, 2.75) is 297 Å². The fourth-order valence-electron chi connectivity index (χ4n) is 9.29. The van der Waals surface area contributed by atoms with Crippen molar-refractivity contribution in [1.29, 1.82) is 0 Å². The van der Waals surface area contributed by atoms with E-state index < -0.39 is 0 Å². The fraction of sp³-hybridized carbons (Fsp3) is 0.814. The van der Waals surface area contributed by atoms with Crippen LogP contribution < -0.4 is 0 Å². The first-order chi connectivity index (χ1) is 38.4. The molecule has 0 aliphatic rings. The Bertz CT molecular complexity index is 1310. The molecule has 0 radical (unpaired) electrons. The number of unbranched alkanes of at least 4 members (excludes halogenated alkanes) is 27. The number of carbonyl (C=O) groups excluding carboxylic acids is 1. The summed E-state index contributed by atoms with van der Waals surface area (Å²) in [5.41, 5.74) is 0. The lowest BCUT2D eigenvalue weighted by molar-refractivity contribution is -0.909. The first-order valence-electron chi connectivity index (χ1n) is 33.2. The van der Waals surface area contributed by atoms with Crippen molar-refractivity contribution >= 4 is 5.97 Å². The molecular formula is C70H130NO7+. The van der Waals surface area contributed by atoms with Crippen molar-refractivity contribution in [2.75, 3.05) is 74.0 Å². The van der Waals surface area contributed by atoms with Gasteiger partial charge in [-0.25, -0.2) is 0 Å². The van der Waals surface area contributed by atoms with Crippen LogP contribution in [0.2, 0.25) is 0 Å². The molecule has 0 bridgehead atoms. The van der Waals surface area contributed by atoms with E-state index in [9.17, 15) is 4.79 Å². The topological polar surface area (TPSA) is 72.5 Å². The van der Waals surface area contributed by atoms with E-state index in [-0.39, 0.29) is 12.1 Å². The van der Waals surface area contributed by atoms with E-state index in [1.54, 1.807) is 0 Å². The van der Waals surface area contributed by atoms with Crippen LogP contribution in [0.3, 0.4) is 0 Å². The van der Waals surface area contributed by atoms with Gasteiger partial charge in [-0.05, 0) is 141 Å². The molecule has 0 saturated carbocycles. The zero-order valence-corrected chi connectivity index (χ0v) is 52.4. The van der Waals surface area contributed by atoms with Crippen molar-refractivity contribution in [3.63, 3.8) is 0 Å². The van der Waals surface area contributed by atoms with Crippen molar-refractivity contribution in [3.05, 3.63) is 72.9 Å². The molecule has 0 aliphatic heterocycles. The predicted octanol–water partition coefficient (Wildman–Crippen LogP) is 20.7. The number of ether oxygens (including phenoxy) is 6. The first kappa shape index (κ1) is 75.7. The van der Waals surface area contributed by atoms with Gasteiger partial charge in [-0.1, -0.05) is 209 Å². The predicted molar refractivity (Wildman–Crippen MR) is 337 cm³/mol. The second-order valence-electron chi connectivity index (χ2n) is 22.8. The van der Waals surface area contributed by atoms with Gasteiger partial charge in [0.05, 0.1) is 33.7 Å². The summed E-state index contributed by atoms with van der Waals surface area (Å²) in [5.74, 6) is -0.114. The Kier molecular flexibility index (Phi) is 63.5. The summed E-state index contributed by atoms with van der Waals surface area (Å²) in [7, 11) is 4.38. The molecule has 8 heteroatoms. The number of allylic oxidation sites excluding steroid dienone is 12. The zero-order chi connectivity index (χ0) is 56.4. The third-order valence-corrected chi connectivity index (χ3v) is 14.3. The number of quaternary nitrogens is 1. The Morgan fingerprint density at radius 3 is 0.987 bits per heavy atom. The SMILES string of the molecule is CCCCCC=CCC=CCCCCCCCCOCOCCCC(CCCOCOCCCCCCCCC=CCC=CCCCCC)OC(=O)CCC[N+](C)(C)COCCCCCCCCC=CCC=CCCCCC. The van der Waals surface area contributed by atoms with Crippen molar-refractivity contribution in [2.24, 2.45) is 0 Å². The van der Waals surface area contributed by atoms with E-state index in [2.05, 4.69) is 108 Å². The average molecular weight is 1100 g/mol. The average Bonchev–Trinajstić information content (AvgIpc) is 3.43. The van der Waals surface area contributed by atoms with Gasteiger partial charge in [0.2, 0.25) is 0 Å². The Labute approximate surface area is 485 Å². The first-order valence-corrected chi connectivity index (χ1v) is 33.2. The number of carbonyl (C=O) groups is 1. The highest BCUT2D eigenvalue weighted by molar-refractivity contribution is 5.69. The van der Waals surface area contributed by atoms with Crippen LogP contribution in [0.15, 0.2) is 72.9 Å². The van der Waals surface area contributed by atoms with E-state index in [4.69, 9.17) is 28.4 Å². The van der Waals surface area contributed by atoms with E-state index >= 15 is 0 Å². The smallest absolute Gasteiger partial charge is 0.306 e. The second-order valence-corrected chi connectivity index (χ2v) is 22.8. The molecule has 0 rings (SSSR count). The molecule has 0 N–H and O–H groups in total. The Morgan fingerprint density at radius 2 is 0.641 bits per heavy atom. The summed E-state index contributed by atoms with van der Waals surface area (Å²) >= 11 is 0. The maximum Gasteiger partial charge on any atom is 0.306 e. The van der Waals surface area contributed by atoms with Crippen LogP contribution in [0, 0.1) is 0 Å². The Morgan fingerprint density at radius 1 is 0.346 bits per heavy atom. The van der Waals surface area contributed by atoms with Crippen molar-refractivity contribution in [3.8, 4) is 0 Å². The van der Waals surface area contributed by atoms with E-state index in [1.807, 2.05) is 0 Å². The molecule has 0 aromatic heterocycles. The minimum Gasteiger partial charge on any atom is -0.462 e. The standard InChI is InChI=1S/C70H130NO7/c1-6-9-12-15-18-21-24-27-30-33-36-39-42-45-48-51-61-73-66-71(4,5)60-54-59-70(72)78-69(57-55-64-76-67-74-62-52-49-46-43-40-37-34-31-28-25-22-19-16-13-10-7-2)58-56-65-77-68-75-63-53-50-47-44-41-38-35-32-29-26-23-20-17-14-11-8-3/h18-23,27-32,69H,6-17,24-26,33-68H2,1-5H3/q+1. The van der Waals surface area contributed by atoms with Crippen LogP contribution in [0.1, 0.15) is 290 Å². The summed E-state index contributed by atoms with van der Waals surface area (Å²) in [5, 5.41) is 0. The quantitative estimate of drug-likeness (QED) is 0.0198. The van der Waals surface area contributed by atoms with Gasteiger partial charge >= 0.3 is 5.97 Å². The molecule has 0 atom stereocenters. The van der Waals surface area contributed by atoms with Crippen LogP contribution >= 0.6 is 0 Å². The summed E-state index contributed by atoms with van der Waals surface area (Å²) in [6, 6.07) is 0. The third kappa shape index (κ3) is 64.5. The van der Waals surface area contributed by atoms with Crippen LogP contribution in [-0.2, 0) is 33.2 Å². The molecule has 0 aromatic rings. The van der Waals surface area contributed by atoms with Crippen LogP contribution in [0.4, 0.5) is 0 Å². The molecule has 78 heavy (non-hydrogen) atoms. The van der Waals surface area contributed by atoms with Gasteiger partial charge in [0, 0.05) is 32.8 Å². The maximum atomic E-state index is 13.1. The normalized spacial score (nSPS) is 12.9. The van der Waals surface area contributed by atoms with Gasteiger partial charge in [0.25, 0.3) is 0 Å². The van der Waals surface area contributed by atoms with Gasteiger partial charge in [-0.15, -0.1) is 0 Å². The molecule has 0 amide bonds. The highest BCUT2D eigenvalue weighted by Gasteiger charge is 2.19. The van der Waals surface area contributed by atoms with Gasteiger partial charge in [-0.3, -0.25) is 4.79 Å². The Balaban J connectivity index is 4.34. The summed E-state index contributed by atoms with van der Waals surface area (Å²) in [6.45, 7) is 12.4. The molecule has 0 aliphatic carbocycles. The van der Waals surface area contributed by atoms with E-state index in [0.717, 1.165) is 101 Å². The molecule has 0 spiro atoms. The molecule has 0 unspecified atom stereocenters. The van der Waals surface area contributed by atoms with Crippen LogP contribution in [0.5, 0.6) is 0 Å². The van der Waals surface area contributed by atoms with E-state index in [0.29, 0.717) is 40.0 Å². The Hall–Kier alpha value is -2.33. The monoisotopic (exact) mass is 1100 g/mol. The van der Waals surface area contributed by atoms with Gasteiger partial charge in [-0.2, -0.15) is 0 Å². The lowest BCUT2D eigenvalue weighted by Crippen LogP contribution is -2.42. The second kappa shape index (κ2) is 65.5. The molecule has 0 heterocycles. The largest absolute Gasteiger partial charge is 0.462 e. The lowest BCUT2D eigenvalue weighted by Gasteiger charge is -2.29. The molecule has 0 fully saturated rings. The maximum absolute atomic E-state index is 13.1. The highest BCUT2D eigenvalue weighted by Crippen LogP contribution is 2.15. The number of nitrogens with zero attached hydrogens (tertiary/aromatic N) is 1. The molecule has 0 saturated heterocycles.